The SMILES string of the molecule is Cc1cc(C)c(N(c2sc(C)nc2C(=O)O)[SH](=O)=O)c(C)c1. The monoisotopic (exact) mass is 340 g/mol. The van der Waals surface area contributed by atoms with Crippen molar-refractivity contribution in [3.8, 4) is 0 Å². The molecule has 0 amide bonds. The summed E-state index contributed by atoms with van der Waals surface area (Å²) in [5.74, 6) is -1.25. The highest BCUT2D eigenvalue weighted by Crippen LogP contribution is 2.38. The van der Waals surface area contributed by atoms with Crippen molar-refractivity contribution in [2.45, 2.75) is 27.7 Å². The van der Waals surface area contributed by atoms with Crippen LogP contribution in [0.25, 0.3) is 0 Å². The lowest BCUT2D eigenvalue weighted by Crippen LogP contribution is -2.18. The van der Waals surface area contributed by atoms with Gasteiger partial charge in [0.2, 0.25) is 10.9 Å². The summed E-state index contributed by atoms with van der Waals surface area (Å²) >= 11 is 1.05. The van der Waals surface area contributed by atoms with Crippen LogP contribution in [-0.4, -0.2) is 24.5 Å². The normalized spacial score (nSPS) is 11.0. The molecule has 0 fully saturated rings. The first-order valence-corrected chi connectivity index (χ1v) is 8.40. The lowest BCUT2D eigenvalue weighted by Gasteiger charge is -2.21. The Labute approximate surface area is 134 Å². The molecule has 0 saturated carbocycles. The fraction of sp³-hybridized carbons (Fsp3) is 0.286. The van der Waals surface area contributed by atoms with Gasteiger partial charge in [0.1, 0.15) is 5.00 Å². The van der Waals surface area contributed by atoms with E-state index in [9.17, 15) is 18.3 Å². The number of carbonyl (C=O) groups is 1. The Kier molecular flexibility index (Phi) is 4.52. The highest BCUT2D eigenvalue weighted by atomic mass is 32.2. The minimum absolute atomic E-state index is 0.108. The second-order valence-electron chi connectivity index (χ2n) is 4.99. The number of benzene rings is 1. The number of aromatic carboxylic acids is 1. The van der Waals surface area contributed by atoms with Crippen molar-refractivity contribution >= 4 is 38.9 Å². The van der Waals surface area contributed by atoms with Gasteiger partial charge in [-0.3, -0.25) is 0 Å². The highest BCUT2D eigenvalue weighted by molar-refractivity contribution is 7.74. The van der Waals surface area contributed by atoms with E-state index in [1.54, 1.807) is 20.8 Å². The smallest absolute Gasteiger partial charge is 0.357 e. The molecule has 1 aromatic heterocycles. The molecule has 22 heavy (non-hydrogen) atoms. The van der Waals surface area contributed by atoms with E-state index in [2.05, 4.69) is 4.98 Å². The van der Waals surface area contributed by atoms with Crippen LogP contribution in [0.4, 0.5) is 10.7 Å². The third-order valence-electron chi connectivity index (χ3n) is 3.12. The molecule has 2 aromatic rings. The predicted octanol–water partition coefficient (Wildman–Crippen LogP) is 2.74. The standard InChI is InChI=1S/C14H16N2O4S2/c1-7-5-8(2)12(9(3)6-7)16(22(19)20)13-11(14(17)18)15-10(4)21-13/h5-6,22H,1-4H3,(H,17,18). The third-order valence-corrected chi connectivity index (χ3v) is 4.94. The number of hydrogen-bond acceptors (Lipinski definition) is 5. The summed E-state index contributed by atoms with van der Waals surface area (Å²) in [4.78, 5) is 15.3. The van der Waals surface area contributed by atoms with Gasteiger partial charge in [0.25, 0.3) is 0 Å². The summed E-state index contributed by atoms with van der Waals surface area (Å²) in [6.07, 6.45) is 0. The minimum atomic E-state index is -3.05. The van der Waals surface area contributed by atoms with Crippen LogP contribution in [-0.2, 0) is 10.9 Å². The van der Waals surface area contributed by atoms with Gasteiger partial charge >= 0.3 is 5.97 Å². The Morgan fingerprint density at radius 1 is 1.18 bits per heavy atom. The summed E-state index contributed by atoms with van der Waals surface area (Å²) in [6.45, 7) is 7.17. The molecular formula is C14H16N2O4S2. The van der Waals surface area contributed by atoms with Gasteiger partial charge in [-0.25, -0.2) is 22.5 Å². The maximum absolute atomic E-state index is 11.8. The van der Waals surface area contributed by atoms with Crippen LogP contribution in [0.3, 0.4) is 0 Å². The molecule has 2 rings (SSSR count). The molecule has 8 heteroatoms. The Balaban J connectivity index is 2.76. The Bertz CT molecular complexity index is 793. The molecule has 1 N–H and O–H groups in total. The Hall–Kier alpha value is -1.93. The van der Waals surface area contributed by atoms with Crippen molar-refractivity contribution in [1.29, 1.82) is 0 Å². The zero-order valence-electron chi connectivity index (χ0n) is 12.6. The van der Waals surface area contributed by atoms with Crippen molar-refractivity contribution in [1.82, 2.24) is 4.98 Å². The van der Waals surface area contributed by atoms with Crippen molar-refractivity contribution < 1.29 is 18.3 Å². The van der Waals surface area contributed by atoms with Crippen molar-refractivity contribution in [3.05, 3.63) is 39.5 Å². The van der Waals surface area contributed by atoms with Gasteiger partial charge in [-0.2, -0.15) is 0 Å². The topological polar surface area (TPSA) is 87.6 Å². The van der Waals surface area contributed by atoms with Crippen LogP contribution in [0, 0.1) is 27.7 Å². The van der Waals surface area contributed by atoms with E-state index in [0.29, 0.717) is 10.7 Å². The van der Waals surface area contributed by atoms with Crippen molar-refractivity contribution in [2.24, 2.45) is 0 Å². The number of thiol groups is 1. The molecule has 0 atom stereocenters. The van der Waals surface area contributed by atoms with Crippen LogP contribution in [0.5, 0.6) is 0 Å². The van der Waals surface area contributed by atoms with Gasteiger partial charge in [-0.05, 0) is 38.8 Å². The molecule has 0 aliphatic rings. The maximum atomic E-state index is 11.8. The van der Waals surface area contributed by atoms with Gasteiger partial charge in [0.05, 0.1) is 10.7 Å². The number of carboxylic acid groups (broad SMARTS) is 1. The summed E-state index contributed by atoms with van der Waals surface area (Å²) in [5, 5.41) is 9.86. The van der Waals surface area contributed by atoms with Crippen LogP contribution in [0.1, 0.15) is 32.2 Å². The van der Waals surface area contributed by atoms with E-state index in [4.69, 9.17) is 0 Å². The van der Waals surface area contributed by atoms with Crippen molar-refractivity contribution in [2.75, 3.05) is 4.31 Å². The van der Waals surface area contributed by atoms with E-state index in [1.165, 1.54) is 0 Å². The second-order valence-corrected chi connectivity index (χ2v) is 7.05. The molecule has 0 bridgehead atoms. The van der Waals surface area contributed by atoms with Crippen LogP contribution < -0.4 is 4.31 Å². The number of nitrogens with zero attached hydrogens (tertiary/aromatic N) is 2. The number of aryl methyl sites for hydroxylation is 4. The van der Waals surface area contributed by atoms with E-state index in [-0.39, 0.29) is 10.7 Å². The first-order chi connectivity index (χ1) is 10.2. The number of aromatic nitrogens is 1. The summed E-state index contributed by atoms with van der Waals surface area (Å²) in [5.41, 5.74) is 2.77. The second kappa shape index (κ2) is 6.05. The van der Waals surface area contributed by atoms with Gasteiger partial charge in [-0.15, -0.1) is 0 Å². The largest absolute Gasteiger partial charge is 0.476 e. The average molecular weight is 340 g/mol. The average Bonchev–Trinajstić information content (AvgIpc) is 2.74. The molecule has 0 aliphatic heterocycles. The number of hydrogen-bond donors (Lipinski definition) is 2. The summed E-state index contributed by atoms with van der Waals surface area (Å²) in [7, 11) is -3.05. The molecule has 0 radical (unpaired) electrons. The first-order valence-electron chi connectivity index (χ1n) is 6.45. The molecule has 1 heterocycles. The Morgan fingerprint density at radius 3 is 2.18 bits per heavy atom. The van der Waals surface area contributed by atoms with Gasteiger partial charge in [0.15, 0.2) is 5.69 Å². The summed E-state index contributed by atoms with van der Waals surface area (Å²) < 4.78 is 24.7. The van der Waals surface area contributed by atoms with E-state index >= 15 is 0 Å². The molecule has 1 aromatic carbocycles. The minimum Gasteiger partial charge on any atom is -0.476 e. The molecule has 118 valence electrons. The zero-order chi connectivity index (χ0) is 16.6. The van der Waals surface area contributed by atoms with E-state index in [0.717, 1.165) is 32.3 Å². The fourth-order valence-corrected chi connectivity index (χ4v) is 4.33. The molecular weight excluding hydrogens is 324 g/mol. The van der Waals surface area contributed by atoms with Gasteiger partial charge < -0.3 is 5.11 Å². The molecule has 0 unspecified atom stereocenters. The molecule has 6 nitrogen and oxygen atoms in total. The zero-order valence-corrected chi connectivity index (χ0v) is 14.3. The molecule has 0 aliphatic carbocycles. The van der Waals surface area contributed by atoms with Gasteiger partial charge in [0, 0.05) is 0 Å². The lowest BCUT2D eigenvalue weighted by atomic mass is 10.1. The van der Waals surface area contributed by atoms with Gasteiger partial charge in [-0.1, -0.05) is 29.0 Å². The van der Waals surface area contributed by atoms with E-state index in [1.807, 2.05) is 19.1 Å². The number of anilines is 2. The number of thiazole rings is 1. The lowest BCUT2D eigenvalue weighted by molar-refractivity contribution is 0.0692. The highest BCUT2D eigenvalue weighted by Gasteiger charge is 2.26. The quantitative estimate of drug-likeness (QED) is 0.836. The molecule has 0 saturated heterocycles. The van der Waals surface area contributed by atoms with Crippen molar-refractivity contribution in [3.63, 3.8) is 0 Å². The van der Waals surface area contributed by atoms with Crippen LogP contribution >= 0.6 is 11.3 Å². The predicted molar refractivity (Wildman–Crippen MR) is 86.9 cm³/mol. The third kappa shape index (κ3) is 2.97. The van der Waals surface area contributed by atoms with Crippen LogP contribution in [0.2, 0.25) is 0 Å². The first kappa shape index (κ1) is 16.4. The number of rotatable bonds is 4. The summed E-state index contributed by atoms with van der Waals surface area (Å²) in [6, 6.07) is 3.73. The fourth-order valence-electron chi connectivity index (χ4n) is 2.46. The van der Waals surface area contributed by atoms with Crippen LogP contribution in [0.15, 0.2) is 12.1 Å². The van der Waals surface area contributed by atoms with E-state index < -0.39 is 16.9 Å². The molecule has 0 spiro atoms. The maximum Gasteiger partial charge on any atom is 0.357 e. The number of carboxylic acids is 1. The Morgan fingerprint density at radius 2 is 1.73 bits per heavy atom.